The topological polar surface area (TPSA) is 56.6 Å². The molecular weight excluding hydrogens is 306 g/mol. The van der Waals surface area contributed by atoms with Gasteiger partial charge in [-0.15, -0.1) is 0 Å². The monoisotopic (exact) mass is 327 g/mol. The van der Waals surface area contributed by atoms with Crippen molar-refractivity contribution >= 4 is 5.69 Å². The molecule has 0 amide bonds. The van der Waals surface area contributed by atoms with Crippen molar-refractivity contribution in [2.45, 2.75) is 31.9 Å². The van der Waals surface area contributed by atoms with Gasteiger partial charge in [-0.2, -0.15) is 4.98 Å². The molecule has 1 fully saturated rings. The molecule has 0 radical (unpaired) electrons. The number of nitrogens with zero attached hydrogens (tertiary/aromatic N) is 3. The van der Waals surface area contributed by atoms with E-state index in [2.05, 4.69) is 22.0 Å². The molecule has 1 aromatic carbocycles. The van der Waals surface area contributed by atoms with Gasteiger partial charge >= 0.3 is 0 Å². The Bertz CT molecular complexity index is 751. The number of fused-ring (bicyclic) bond motifs is 1. The van der Waals surface area contributed by atoms with Crippen LogP contribution in [0.2, 0.25) is 0 Å². The Morgan fingerprint density at radius 1 is 1.12 bits per heavy atom. The zero-order chi connectivity index (χ0) is 16.4. The van der Waals surface area contributed by atoms with Gasteiger partial charge in [-0.1, -0.05) is 0 Å². The summed E-state index contributed by atoms with van der Waals surface area (Å²) in [6.45, 7) is 3.36. The number of rotatable bonds is 4. The molecule has 0 spiro atoms. The lowest BCUT2D eigenvalue weighted by Crippen LogP contribution is -2.29. The van der Waals surface area contributed by atoms with E-state index in [0.29, 0.717) is 19.2 Å². The lowest BCUT2D eigenvalue weighted by molar-refractivity contribution is 0.143. The van der Waals surface area contributed by atoms with E-state index in [1.54, 1.807) is 6.20 Å². The quantitative estimate of drug-likeness (QED) is 0.860. The van der Waals surface area contributed by atoms with Gasteiger partial charge < -0.3 is 14.4 Å². The van der Waals surface area contributed by atoms with Crippen molar-refractivity contribution in [3.63, 3.8) is 0 Å². The third-order valence-corrected chi connectivity index (χ3v) is 4.51. The van der Waals surface area contributed by atoms with E-state index in [0.717, 1.165) is 18.8 Å². The number of hydrogen-bond donors (Lipinski definition) is 0. The van der Waals surface area contributed by atoms with Crippen molar-refractivity contribution in [1.82, 2.24) is 9.55 Å². The molecule has 1 unspecified atom stereocenters. The largest absolute Gasteiger partial charge is 0.490 e. The van der Waals surface area contributed by atoms with Gasteiger partial charge in [-0.05, 0) is 43.5 Å². The van der Waals surface area contributed by atoms with Crippen LogP contribution >= 0.6 is 0 Å². The summed E-state index contributed by atoms with van der Waals surface area (Å²) in [7, 11) is 0. The standard InChI is InChI=1S/C18H21N3O3/c22-17-8-11-21-12-16(24-18(21)19-17)13-23-15-6-4-14(5-7-15)20-9-2-1-3-10-20/h4-8,11,16H,1-3,9-10,12-13H2. The molecule has 24 heavy (non-hydrogen) atoms. The van der Waals surface area contributed by atoms with Gasteiger partial charge in [0.25, 0.3) is 11.6 Å². The second-order valence-corrected chi connectivity index (χ2v) is 6.29. The third kappa shape index (κ3) is 3.22. The average Bonchev–Trinajstić information content (AvgIpc) is 3.03. The fourth-order valence-corrected chi connectivity index (χ4v) is 3.23. The van der Waals surface area contributed by atoms with Gasteiger partial charge in [0.05, 0.1) is 6.54 Å². The SMILES string of the molecule is O=c1ccn2c(n1)OC(COc1ccc(N3CCCCC3)cc1)C2. The molecule has 2 aliphatic rings. The molecule has 0 saturated carbocycles. The number of hydrogen-bond acceptors (Lipinski definition) is 5. The first-order chi connectivity index (χ1) is 11.8. The second-order valence-electron chi connectivity index (χ2n) is 6.29. The molecule has 6 heteroatoms. The molecule has 4 rings (SSSR count). The van der Waals surface area contributed by atoms with Crippen LogP contribution in [0.1, 0.15) is 19.3 Å². The summed E-state index contributed by atoms with van der Waals surface area (Å²) in [6, 6.07) is 10.1. The molecule has 2 aromatic rings. The summed E-state index contributed by atoms with van der Waals surface area (Å²) in [5, 5.41) is 0. The number of aromatic nitrogens is 2. The zero-order valence-electron chi connectivity index (χ0n) is 13.6. The van der Waals surface area contributed by atoms with Crippen molar-refractivity contribution in [1.29, 1.82) is 0 Å². The maximum Gasteiger partial charge on any atom is 0.300 e. The Kier molecular flexibility index (Phi) is 4.11. The van der Waals surface area contributed by atoms with Crippen LogP contribution < -0.4 is 19.9 Å². The molecule has 1 atom stereocenters. The van der Waals surface area contributed by atoms with Crippen LogP contribution in [0.3, 0.4) is 0 Å². The summed E-state index contributed by atoms with van der Waals surface area (Å²) < 4.78 is 13.3. The summed E-state index contributed by atoms with van der Waals surface area (Å²) in [4.78, 5) is 17.5. The molecule has 1 aromatic heterocycles. The number of benzene rings is 1. The minimum Gasteiger partial charge on any atom is -0.490 e. The van der Waals surface area contributed by atoms with Crippen LogP contribution in [0.4, 0.5) is 5.69 Å². The first kappa shape index (κ1) is 15.1. The van der Waals surface area contributed by atoms with Crippen LogP contribution in [-0.2, 0) is 6.54 Å². The summed E-state index contributed by atoms with van der Waals surface area (Å²) in [5.41, 5.74) is 0.977. The summed E-state index contributed by atoms with van der Waals surface area (Å²) in [6.07, 6.45) is 5.46. The summed E-state index contributed by atoms with van der Waals surface area (Å²) >= 11 is 0. The molecule has 0 aliphatic carbocycles. The van der Waals surface area contributed by atoms with Crippen molar-refractivity contribution in [2.75, 3.05) is 24.6 Å². The third-order valence-electron chi connectivity index (χ3n) is 4.51. The second kappa shape index (κ2) is 6.55. The van der Waals surface area contributed by atoms with E-state index in [-0.39, 0.29) is 11.7 Å². The predicted octanol–water partition coefficient (Wildman–Crippen LogP) is 2.07. The first-order valence-corrected chi connectivity index (χ1v) is 8.50. The fourth-order valence-electron chi connectivity index (χ4n) is 3.23. The van der Waals surface area contributed by atoms with Crippen LogP contribution in [-0.4, -0.2) is 35.4 Å². The molecule has 0 N–H and O–H groups in total. The highest BCUT2D eigenvalue weighted by molar-refractivity contribution is 5.49. The smallest absolute Gasteiger partial charge is 0.300 e. The average molecular weight is 327 g/mol. The van der Waals surface area contributed by atoms with Crippen LogP contribution in [0.25, 0.3) is 0 Å². The van der Waals surface area contributed by atoms with Gasteiger partial charge in [-0.25, -0.2) is 0 Å². The van der Waals surface area contributed by atoms with Crippen LogP contribution in [0.5, 0.6) is 11.8 Å². The Hall–Kier alpha value is -2.50. The predicted molar refractivity (Wildman–Crippen MR) is 90.9 cm³/mol. The maximum atomic E-state index is 11.2. The Balaban J connectivity index is 1.33. The van der Waals surface area contributed by atoms with Crippen molar-refractivity contribution in [3.05, 3.63) is 46.9 Å². The minimum absolute atomic E-state index is 0.124. The number of anilines is 1. The molecule has 0 bridgehead atoms. The maximum absolute atomic E-state index is 11.2. The molecule has 1 saturated heterocycles. The van der Waals surface area contributed by atoms with Crippen LogP contribution in [0.15, 0.2) is 41.3 Å². The van der Waals surface area contributed by atoms with Gasteiger partial charge in [0, 0.05) is 31.0 Å². The molecule has 126 valence electrons. The first-order valence-electron chi connectivity index (χ1n) is 8.50. The fraction of sp³-hybridized carbons (Fsp3) is 0.444. The van der Waals surface area contributed by atoms with Gasteiger partial charge in [-0.3, -0.25) is 9.36 Å². The molecular formula is C18H21N3O3. The van der Waals surface area contributed by atoms with E-state index in [1.165, 1.54) is 31.0 Å². The summed E-state index contributed by atoms with van der Waals surface area (Å²) in [5.74, 6) is 0.831. The van der Waals surface area contributed by atoms with E-state index in [9.17, 15) is 4.79 Å². The van der Waals surface area contributed by atoms with E-state index in [1.807, 2.05) is 16.7 Å². The van der Waals surface area contributed by atoms with Gasteiger partial charge in [0.1, 0.15) is 12.4 Å². The normalized spacial score (nSPS) is 19.7. The van der Waals surface area contributed by atoms with Gasteiger partial charge in [0.2, 0.25) is 0 Å². The van der Waals surface area contributed by atoms with E-state index < -0.39 is 0 Å². The van der Waals surface area contributed by atoms with E-state index in [4.69, 9.17) is 9.47 Å². The van der Waals surface area contributed by atoms with Crippen molar-refractivity contribution in [2.24, 2.45) is 0 Å². The number of piperidine rings is 1. The van der Waals surface area contributed by atoms with Crippen LogP contribution in [0, 0.1) is 0 Å². The highest BCUT2D eigenvalue weighted by atomic mass is 16.6. The van der Waals surface area contributed by atoms with Crippen molar-refractivity contribution < 1.29 is 9.47 Å². The molecule has 2 aliphatic heterocycles. The Morgan fingerprint density at radius 2 is 1.92 bits per heavy atom. The van der Waals surface area contributed by atoms with Crippen molar-refractivity contribution in [3.8, 4) is 11.8 Å². The molecule has 3 heterocycles. The van der Waals surface area contributed by atoms with Gasteiger partial charge in [0.15, 0.2) is 6.10 Å². The Labute approximate surface area is 140 Å². The lowest BCUT2D eigenvalue weighted by atomic mass is 10.1. The highest BCUT2D eigenvalue weighted by Crippen LogP contribution is 2.23. The number of ether oxygens (including phenoxy) is 2. The minimum atomic E-state index is -0.281. The molecule has 6 nitrogen and oxygen atoms in total. The van der Waals surface area contributed by atoms with E-state index >= 15 is 0 Å². The zero-order valence-corrected chi connectivity index (χ0v) is 13.6. The highest BCUT2D eigenvalue weighted by Gasteiger charge is 2.23. The lowest BCUT2D eigenvalue weighted by Gasteiger charge is -2.28. The Morgan fingerprint density at radius 3 is 2.71 bits per heavy atom.